The van der Waals surface area contributed by atoms with E-state index in [1.54, 1.807) is 30.3 Å². The third kappa shape index (κ3) is 7.75. The van der Waals surface area contributed by atoms with Crippen LogP contribution in [0.25, 0.3) is 0 Å². The van der Waals surface area contributed by atoms with Crippen molar-refractivity contribution in [3.05, 3.63) is 130 Å². The van der Waals surface area contributed by atoms with Gasteiger partial charge in [0.1, 0.15) is 12.6 Å². The number of sulfonamides is 1. The first-order chi connectivity index (χ1) is 19.7. The number of halogens is 2. The lowest BCUT2D eigenvalue weighted by molar-refractivity contribution is -0.139. The van der Waals surface area contributed by atoms with E-state index < -0.39 is 28.5 Å². The van der Waals surface area contributed by atoms with Gasteiger partial charge in [-0.3, -0.25) is 13.9 Å². The first-order valence-electron chi connectivity index (χ1n) is 12.8. The van der Waals surface area contributed by atoms with Crippen molar-refractivity contribution in [3.8, 4) is 0 Å². The summed E-state index contributed by atoms with van der Waals surface area (Å²) in [5.41, 5.74) is 1.97. The summed E-state index contributed by atoms with van der Waals surface area (Å²) in [6.45, 7) is -0.422. The molecule has 4 aromatic rings. The minimum absolute atomic E-state index is 0.00912. The molecular formula is C31H29BrClN3O4S. The van der Waals surface area contributed by atoms with Crippen LogP contribution in [0.3, 0.4) is 0 Å². The molecule has 0 saturated carbocycles. The van der Waals surface area contributed by atoms with Crippen LogP contribution < -0.4 is 9.62 Å². The number of nitrogens with zero attached hydrogens (tertiary/aromatic N) is 2. The number of rotatable bonds is 11. The van der Waals surface area contributed by atoms with Crippen LogP contribution >= 0.6 is 27.5 Å². The predicted octanol–water partition coefficient (Wildman–Crippen LogP) is 5.68. The van der Waals surface area contributed by atoms with Crippen LogP contribution in [0.4, 0.5) is 5.69 Å². The number of para-hydroxylation sites is 1. The molecule has 0 aliphatic carbocycles. The number of nitrogens with one attached hydrogen (secondary N) is 1. The number of benzene rings is 4. The molecule has 0 unspecified atom stereocenters. The molecule has 4 rings (SSSR count). The molecule has 0 bridgehead atoms. The highest BCUT2D eigenvalue weighted by molar-refractivity contribution is 9.10. The molecule has 0 radical (unpaired) electrons. The van der Waals surface area contributed by atoms with Crippen LogP contribution in [-0.2, 0) is 32.6 Å². The zero-order valence-corrected chi connectivity index (χ0v) is 25.4. The maximum absolute atomic E-state index is 14.2. The molecule has 0 spiro atoms. The molecule has 7 nitrogen and oxygen atoms in total. The van der Waals surface area contributed by atoms with Gasteiger partial charge < -0.3 is 10.2 Å². The molecule has 0 fully saturated rings. The van der Waals surface area contributed by atoms with Crippen molar-refractivity contribution in [3.63, 3.8) is 0 Å². The van der Waals surface area contributed by atoms with Crippen LogP contribution in [-0.4, -0.2) is 44.8 Å². The van der Waals surface area contributed by atoms with Gasteiger partial charge in [0.25, 0.3) is 10.0 Å². The third-order valence-corrected chi connectivity index (χ3v) is 9.08. The monoisotopic (exact) mass is 653 g/mol. The molecule has 2 amide bonds. The fourth-order valence-corrected chi connectivity index (χ4v) is 6.17. The van der Waals surface area contributed by atoms with Crippen molar-refractivity contribution in [2.24, 2.45) is 0 Å². The Kier molecular flexibility index (Phi) is 10.2. The molecule has 1 N–H and O–H groups in total. The summed E-state index contributed by atoms with van der Waals surface area (Å²) in [6.07, 6.45) is 0.248. The Hall–Kier alpha value is -3.66. The van der Waals surface area contributed by atoms with Gasteiger partial charge in [0, 0.05) is 29.5 Å². The highest BCUT2D eigenvalue weighted by Crippen LogP contribution is 2.26. The largest absolute Gasteiger partial charge is 0.357 e. The molecule has 4 aromatic carbocycles. The zero-order valence-electron chi connectivity index (χ0n) is 22.3. The van der Waals surface area contributed by atoms with Crippen molar-refractivity contribution in [2.45, 2.75) is 23.9 Å². The maximum atomic E-state index is 14.2. The molecule has 0 heterocycles. The lowest BCUT2D eigenvalue weighted by Gasteiger charge is -2.33. The SMILES string of the molecule is CNC(=O)[C@H](Cc1ccccc1)N(Cc1ccc(Br)cc1)C(=O)CN(c1ccccc1)S(=O)(=O)c1ccc(Cl)cc1. The van der Waals surface area contributed by atoms with Gasteiger partial charge in [-0.25, -0.2) is 8.42 Å². The minimum Gasteiger partial charge on any atom is -0.357 e. The molecule has 0 aromatic heterocycles. The lowest BCUT2D eigenvalue weighted by atomic mass is 10.0. The summed E-state index contributed by atoms with van der Waals surface area (Å²) in [7, 11) is -2.65. The fraction of sp³-hybridized carbons (Fsp3) is 0.161. The van der Waals surface area contributed by atoms with E-state index in [4.69, 9.17) is 11.6 Å². The Morgan fingerprint density at radius 1 is 0.829 bits per heavy atom. The normalized spacial score (nSPS) is 11.9. The molecular weight excluding hydrogens is 626 g/mol. The van der Waals surface area contributed by atoms with Crippen LogP contribution in [0.15, 0.2) is 119 Å². The summed E-state index contributed by atoms with van der Waals surface area (Å²) in [6, 6.07) is 30.1. The van der Waals surface area contributed by atoms with E-state index in [1.165, 1.54) is 36.2 Å². The predicted molar refractivity (Wildman–Crippen MR) is 165 cm³/mol. The number of amides is 2. The number of likely N-dealkylation sites (N-methyl/N-ethyl adjacent to an activating group) is 1. The van der Waals surface area contributed by atoms with E-state index in [0.29, 0.717) is 10.7 Å². The smallest absolute Gasteiger partial charge is 0.264 e. The summed E-state index contributed by atoms with van der Waals surface area (Å²) in [5.74, 6) is -0.884. The minimum atomic E-state index is -4.17. The van der Waals surface area contributed by atoms with E-state index in [-0.39, 0.29) is 23.8 Å². The molecule has 10 heteroatoms. The molecule has 0 saturated heterocycles. The van der Waals surface area contributed by atoms with E-state index in [9.17, 15) is 18.0 Å². The average molecular weight is 655 g/mol. The van der Waals surface area contributed by atoms with E-state index in [2.05, 4.69) is 21.2 Å². The van der Waals surface area contributed by atoms with Gasteiger partial charge in [0.05, 0.1) is 10.6 Å². The third-order valence-electron chi connectivity index (χ3n) is 6.51. The van der Waals surface area contributed by atoms with E-state index in [0.717, 1.165) is 19.9 Å². The van der Waals surface area contributed by atoms with Gasteiger partial charge in [0.2, 0.25) is 11.8 Å². The standard InChI is InChI=1S/C31H29BrClN3O4S/c1-34-31(38)29(20-23-8-4-2-5-9-23)35(21-24-12-14-25(32)15-13-24)30(37)22-36(27-10-6-3-7-11-27)41(39,40)28-18-16-26(33)17-19-28/h2-19,29H,20-22H2,1H3,(H,34,38)/t29-/m0/s1. The van der Waals surface area contributed by atoms with Gasteiger partial charge >= 0.3 is 0 Å². The second kappa shape index (κ2) is 13.8. The number of anilines is 1. The van der Waals surface area contributed by atoms with Crippen molar-refractivity contribution < 1.29 is 18.0 Å². The zero-order chi connectivity index (χ0) is 29.4. The Morgan fingerprint density at radius 3 is 2.00 bits per heavy atom. The molecule has 41 heavy (non-hydrogen) atoms. The molecule has 212 valence electrons. The fourth-order valence-electron chi connectivity index (χ4n) is 4.36. The second-order valence-corrected chi connectivity index (χ2v) is 12.5. The van der Waals surface area contributed by atoms with Crippen molar-refractivity contribution in [1.82, 2.24) is 10.2 Å². The quantitative estimate of drug-likeness (QED) is 0.225. The number of hydrogen-bond donors (Lipinski definition) is 1. The van der Waals surface area contributed by atoms with Crippen LogP contribution in [0, 0.1) is 0 Å². The van der Waals surface area contributed by atoms with Crippen molar-refractivity contribution >= 4 is 55.1 Å². The van der Waals surface area contributed by atoms with Crippen LogP contribution in [0.5, 0.6) is 0 Å². The average Bonchev–Trinajstić information content (AvgIpc) is 2.99. The molecule has 1 atom stereocenters. The number of carbonyl (C=O) groups is 2. The topological polar surface area (TPSA) is 86.8 Å². The highest BCUT2D eigenvalue weighted by Gasteiger charge is 2.34. The van der Waals surface area contributed by atoms with Gasteiger partial charge in [-0.2, -0.15) is 0 Å². The van der Waals surface area contributed by atoms with Gasteiger partial charge in [0.15, 0.2) is 0 Å². The van der Waals surface area contributed by atoms with Gasteiger partial charge in [-0.1, -0.05) is 88.2 Å². The first-order valence-corrected chi connectivity index (χ1v) is 15.4. The Bertz CT molecular complexity index is 1570. The molecule has 0 aliphatic heterocycles. The van der Waals surface area contributed by atoms with Crippen molar-refractivity contribution in [2.75, 3.05) is 17.9 Å². The number of hydrogen-bond acceptors (Lipinski definition) is 4. The Balaban J connectivity index is 1.76. The van der Waals surface area contributed by atoms with Crippen LogP contribution in [0.2, 0.25) is 5.02 Å². The first kappa shape index (κ1) is 30.3. The summed E-state index contributed by atoms with van der Waals surface area (Å²) >= 11 is 9.43. The Labute approximate surface area is 253 Å². The summed E-state index contributed by atoms with van der Waals surface area (Å²) in [5, 5.41) is 3.07. The van der Waals surface area contributed by atoms with Gasteiger partial charge in [-0.15, -0.1) is 0 Å². The lowest BCUT2D eigenvalue weighted by Crippen LogP contribution is -2.53. The second-order valence-electron chi connectivity index (χ2n) is 9.27. The number of carbonyl (C=O) groups excluding carboxylic acids is 2. The summed E-state index contributed by atoms with van der Waals surface area (Å²) < 4.78 is 29.7. The van der Waals surface area contributed by atoms with Gasteiger partial charge in [-0.05, 0) is 59.7 Å². The van der Waals surface area contributed by atoms with Crippen LogP contribution in [0.1, 0.15) is 11.1 Å². The van der Waals surface area contributed by atoms with E-state index in [1.807, 2.05) is 54.6 Å². The highest BCUT2D eigenvalue weighted by atomic mass is 79.9. The van der Waals surface area contributed by atoms with E-state index >= 15 is 0 Å². The summed E-state index contributed by atoms with van der Waals surface area (Å²) in [4.78, 5) is 28.9. The molecule has 0 aliphatic rings. The Morgan fingerprint density at radius 2 is 1.41 bits per heavy atom. The van der Waals surface area contributed by atoms with Crippen molar-refractivity contribution in [1.29, 1.82) is 0 Å². The maximum Gasteiger partial charge on any atom is 0.264 e.